The summed E-state index contributed by atoms with van der Waals surface area (Å²) in [6.45, 7) is 8.69. The highest BCUT2D eigenvalue weighted by atomic mass is 31.2. The second-order valence-electron chi connectivity index (χ2n) is 7.14. The Morgan fingerprint density at radius 2 is 1.74 bits per heavy atom. The van der Waals surface area contributed by atoms with Crippen LogP contribution in [0.2, 0.25) is 0 Å². The summed E-state index contributed by atoms with van der Waals surface area (Å²) in [5, 5.41) is 11.2. The highest BCUT2D eigenvalue weighted by Crippen LogP contribution is 2.57. The van der Waals surface area contributed by atoms with Gasteiger partial charge in [0.05, 0.1) is 18.8 Å². The van der Waals surface area contributed by atoms with Gasteiger partial charge in [-0.3, -0.25) is 9.46 Å². The molecule has 0 spiro atoms. The van der Waals surface area contributed by atoms with Crippen LogP contribution in [0.3, 0.4) is 0 Å². The van der Waals surface area contributed by atoms with Crippen LogP contribution in [0.4, 0.5) is 0 Å². The maximum absolute atomic E-state index is 13.5. The summed E-state index contributed by atoms with van der Waals surface area (Å²) in [6, 6.07) is 5.92. The van der Waals surface area contributed by atoms with Crippen molar-refractivity contribution >= 4 is 22.0 Å². The lowest BCUT2D eigenvalue weighted by atomic mass is 9.97. The number of hydrogen-bond donors (Lipinski definition) is 2. The molecule has 0 aromatic heterocycles. The molecule has 1 aliphatic heterocycles. The lowest BCUT2D eigenvalue weighted by molar-refractivity contribution is -0.0332. The molecule has 1 heterocycles. The maximum Gasteiger partial charge on any atom is 0.362 e. The topological polar surface area (TPSA) is 114 Å². The number of nitrogens with one attached hydrogen (secondary N) is 1. The summed E-state index contributed by atoms with van der Waals surface area (Å²) >= 11 is 0. The quantitative estimate of drug-likeness (QED) is 0.415. The number of rotatable bonds is 13. The van der Waals surface area contributed by atoms with Crippen LogP contribution in [-0.4, -0.2) is 73.5 Å². The molecular weight excluding hydrogens is 442 g/mol. The number of benzene rings is 1. The second-order valence-corrected chi connectivity index (χ2v) is 10.2. The molecule has 0 aliphatic carbocycles. The van der Waals surface area contributed by atoms with E-state index < -0.39 is 33.4 Å². The van der Waals surface area contributed by atoms with Gasteiger partial charge in [-0.05, 0) is 38.5 Å². The highest BCUT2D eigenvalue weighted by Gasteiger charge is 2.56. The third-order valence-corrected chi connectivity index (χ3v) is 8.48. The van der Waals surface area contributed by atoms with E-state index in [-0.39, 0.29) is 31.5 Å². The van der Waals surface area contributed by atoms with E-state index in [0.29, 0.717) is 13.1 Å². The fraction of sp³-hybridized carbons (Fsp3) is 0.650. The van der Waals surface area contributed by atoms with Crippen molar-refractivity contribution in [2.24, 2.45) is 0 Å². The molecule has 174 valence electrons. The fourth-order valence-corrected chi connectivity index (χ4v) is 7.31. The Balaban J connectivity index is 2.58. The summed E-state index contributed by atoms with van der Waals surface area (Å²) in [5.41, 5.74) is 0.895. The van der Waals surface area contributed by atoms with Gasteiger partial charge in [0.25, 0.3) is 5.34 Å². The predicted octanol–water partition coefficient (Wildman–Crippen LogP) is 3.35. The van der Waals surface area contributed by atoms with Crippen LogP contribution < -0.4 is 5.32 Å². The van der Waals surface area contributed by atoms with Crippen molar-refractivity contribution in [1.82, 2.24) is 10.2 Å². The molecule has 1 aliphatic rings. The van der Waals surface area contributed by atoms with Gasteiger partial charge in [0.1, 0.15) is 12.2 Å². The van der Waals surface area contributed by atoms with E-state index in [9.17, 15) is 19.0 Å². The van der Waals surface area contributed by atoms with Crippen molar-refractivity contribution in [1.29, 1.82) is 0 Å². The number of hydrogen-bond acceptors (Lipinski definition) is 8. The maximum atomic E-state index is 13.5. The molecule has 3 atom stereocenters. The minimum absolute atomic E-state index is 0.156. The summed E-state index contributed by atoms with van der Waals surface area (Å²) in [5.74, 6) is -1.02. The Kier molecular flexibility index (Phi) is 10.2. The van der Waals surface area contributed by atoms with E-state index >= 15 is 0 Å². The monoisotopic (exact) mass is 475 g/mol. The Morgan fingerprint density at radius 1 is 1.16 bits per heavy atom. The zero-order valence-corrected chi connectivity index (χ0v) is 20.2. The van der Waals surface area contributed by atoms with Crippen LogP contribution in [-0.2, 0) is 22.9 Å². The fourth-order valence-electron chi connectivity index (χ4n) is 3.92. The number of carboxylic acid groups (broad SMARTS) is 1. The van der Waals surface area contributed by atoms with E-state index in [0.717, 1.165) is 18.7 Å². The average Bonchev–Trinajstić information content (AvgIpc) is 2.75. The highest BCUT2D eigenvalue weighted by molar-refractivity contribution is 7.54. The molecule has 31 heavy (non-hydrogen) atoms. The largest absolute Gasteiger partial charge is 0.478 e. The zero-order valence-electron chi connectivity index (χ0n) is 18.3. The van der Waals surface area contributed by atoms with Crippen molar-refractivity contribution in [3.63, 3.8) is 0 Å². The molecule has 2 rings (SSSR count). The second kappa shape index (κ2) is 12.2. The van der Waals surface area contributed by atoms with Crippen molar-refractivity contribution in [3.05, 3.63) is 35.4 Å². The lowest BCUT2D eigenvalue weighted by Crippen LogP contribution is -2.53. The van der Waals surface area contributed by atoms with Crippen LogP contribution in [0, 0.1) is 0 Å². The van der Waals surface area contributed by atoms with E-state index in [1.807, 2.05) is 0 Å². The summed E-state index contributed by atoms with van der Waals surface area (Å²) in [7, 11) is -4.54. The number of carboxylic acids is 1. The molecule has 1 fully saturated rings. The molecule has 0 amide bonds. The van der Waals surface area contributed by atoms with Gasteiger partial charge in [-0.2, -0.15) is 0 Å². The lowest BCUT2D eigenvalue weighted by Gasteiger charge is -2.41. The number of aromatic carboxylic acids is 1. The summed E-state index contributed by atoms with van der Waals surface area (Å²) in [6.07, 6.45) is -0.174. The Labute approximate surface area is 185 Å². The van der Waals surface area contributed by atoms with Gasteiger partial charge in [0.15, 0.2) is 0 Å². The van der Waals surface area contributed by atoms with E-state index in [4.69, 9.17) is 13.8 Å². The first-order valence-corrected chi connectivity index (χ1v) is 13.2. The van der Waals surface area contributed by atoms with Crippen molar-refractivity contribution in [2.45, 2.75) is 32.2 Å². The molecule has 9 nitrogen and oxygen atoms in total. The Hall–Kier alpha value is -1.18. The normalized spacial score (nSPS) is 18.5. The van der Waals surface area contributed by atoms with Gasteiger partial charge in [-0.25, -0.2) is 4.79 Å². The van der Waals surface area contributed by atoms with E-state index in [1.54, 1.807) is 32.9 Å². The first-order chi connectivity index (χ1) is 14.8. The van der Waals surface area contributed by atoms with Crippen LogP contribution in [0.1, 0.15) is 42.7 Å². The van der Waals surface area contributed by atoms with E-state index in [2.05, 4.69) is 10.2 Å². The minimum Gasteiger partial charge on any atom is -0.478 e. The summed E-state index contributed by atoms with van der Waals surface area (Å²) in [4.78, 5) is 13.4. The summed E-state index contributed by atoms with van der Waals surface area (Å²) < 4.78 is 43.4. The van der Waals surface area contributed by atoms with Gasteiger partial charge < -0.3 is 24.2 Å². The number of nitrogens with zero attached hydrogens (tertiary/aromatic N) is 1. The first kappa shape index (κ1) is 26.1. The molecule has 1 aromatic carbocycles. The van der Waals surface area contributed by atoms with Crippen LogP contribution in [0.5, 0.6) is 0 Å². The van der Waals surface area contributed by atoms with Crippen molar-refractivity contribution in [3.8, 4) is 0 Å². The third kappa shape index (κ3) is 6.65. The van der Waals surface area contributed by atoms with Gasteiger partial charge in [-0.15, -0.1) is 0 Å². The molecule has 3 unspecified atom stereocenters. The predicted molar refractivity (Wildman–Crippen MR) is 120 cm³/mol. The SMILES string of the molecule is CCOC(CP(=O)(OCC)OCC)([PH+]=O)C(c1ccc(C(=O)O)cc1)N1CCNCC1. The number of piperazine rings is 1. The van der Waals surface area contributed by atoms with E-state index in [1.165, 1.54) is 12.1 Å². The molecule has 0 bridgehead atoms. The first-order valence-electron chi connectivity index (χ1n) is 10.5. The molecule has 0 saturated carbocycles. The average molecular weight is 475 g/mol. The Bertz CT molecular complexity index is 761. The third-order valence-electron chi connectivity index (χ3n) is 5.09. The van der Waals surface area contributed by atoms with Crippen molar-refractivity contribution < 1.29 is 32.8 Å². The molecule has 2 N–H and O–H groups in total. The molecular formula is C20H33N2O7P2+. The number of ether oxygens (including phenoxy) is 1. The standard InChI is InChI=1S/C20H32N2O7P2/c1-4-27-20(30-25,15-31(26,28-5-2)29-6-3)18(22-13-11-21-12-14-22)16-7-9-17(10-8-16)19(23)24/h7-10,18,21H,4-6,11-15H2,1-3H3,(H,23,24)/p+1. The van der Waals surface area contributed by atoms with Crippen LogP contribution >= 0.6 is 16.1 Å². The van der Waals surface area contributed by atoms with Gasteiger partial charge in [0.2, 0.25) is 0 Å². The molecule has 1 aromatic rings. The Morgan fingerprint density at radius 3 is 2.19 bits per heavy atom. The van der Waals surface area contributed by atoms with Gasteiger partial charge in [-0.1, -0.05) is 16.7 Å². The zero-order chi connectivity index (χ0) is 22.9. The van der Waals surface area contributed by atoms with Crippen molar-refractivity contribution in [2.75, 3.05) is 52.2 Å². The van der Waals surface area contributed by atoms with Gasteiger partial charge >= 0.3 is 22.0 Å². The van der Waals surface area contributed by atoms with Crippen LogP contribution in [0.15, 0.2) is 24.3 Å². The smallest absolute Gasteiger partial charge is 0.362 e. The number of carbonyl (C=O) groups is 1. The molecule has 1 saturated heterocycles. The van der Waals surface area contributed by atoms with Gasteiger partial charge in [0, 0.05) is 32.8 Å². The molecule has 0 radical (unpaired) electrons. The molecule has 11 heteroatoms. The van der Waals surface area contributed by atoms with Crippen LogP contribution in [0.25, 0.3) is 0 Å². The minimum atomic E-state index is -3.59.